The van der Waals surface area contributed by atoms with Gasteiger partial charge in [-0.25, -0.2) is 4.79 Å². The molecule has 0 amide bonds. The molecule has 0 aromatic heterocycles. The second-order valence-corrected chi connectivity index (χ2v) is 8.29. The molecule has 3 rings (SSSR count). The summed E-state index contributed by atoms with van der Waals surface area (Å²) in [5.41, 5.74) is 0.565. The third kappa shape index (κ3) is 6.74. The van der Waals surface area contributed by atoms with E-state index in [9.17, 15) is 4.79 Å². The maximum Gasteiger partial charge on any atom is 0.339 e. The zero-order chi connectivity index (χ0) is 21.2. The highest BCUT2D eigenvalue weighted by atomic mass is 32.2. The van der Waals surface area contributed by atoms with E-state index >= 15 is 0 Å². The summed E-state index contributed by atoms with van der Waals surface area (Å²) in [7, 11) is 1.40. The van der Waals surface area contributed by atoms with Crippen molar-refractivity contribution in [1.29, 1.82) is 0 Å². The number of aliphatic hydroxyl groups is 1. The topological polar surface area (TPSA) is 62.2 Å². The number of piperazine rings is 1. The third-order valence-electron chi connectivity index (χ3n) is 5.09. The van der Waals surface area contributed by atoms with Gasteiger partial charge in [0.05, 0.1) is 25.9 Å². The van der Waals surface area contributed by atoms with Crippen LogP contribution >= 0.6 is 11.8 Å². The number of nitrogens with zero attached hydrogens (tertiary/aromatic N) is 2. The van der Waals surface area contributed by atoms with Crippen LogP contribution in [0.2, 0.25) is 0 Å². The summed E-state index contributed by atoms with van der Waals surface area (Å²) in [4.78, 5) is 18.6. The summed E-state index contributed by atoms with van der Waals surface area (Å²) in [6, 6.07) is 15.4. The Morgan fingerprint density at radius 1 is 1.03 bits per heavy atom. The smallest absolute Gasteiger partial charge is 0.339 e. The van der Waals surface area contributed by atoms with Crippen molar-refractivity contribution in [2.75, 3.05) is 59.6 Å². The second kappa shape index (κ2) is 12.0. The van der Waals surface area contributed by atoms with Crippen LogP contribution in [0.5, 0.6) is 5.75 Å². The minimum absolute atomic E-state index is 0.236. The molecule has 1 aliphatic heterocycles. The lowest BCUT2D eigenvalue weighted by atomic mass is 10.2. The molecule has 6 nitrogen and oxygen atoms in total. The SMILES string of the molecule is COC(=O)c1ccccc1Sc1cccc(OCCCN2CCN(CCO)CC2)c1. The first-order valence-electron chi connectivity index (χ1n) is 10.3. The fourth-order valence-electron chi connectivity index (χ4n) is 3.44. The van der Waals surface area contributed by atoms with Gasteiger partial charge in [-0.05, 0) is 36.8 Å². The highest BCUT2D eigenvalue weighted by Gasteiger charge is 2.16. The van der Waals surface area contributed by atoms with Crippen LogP contribution in [0.15, 0.2) is 58.3 Å². The van der Waals surface area contributed by atoms with E-state index in [-0.39, 0.29) is 12.6 Å². The van der Waals surface area contributed by atoms with Crippen molar-refractivity contribution in [3.05, 3.63) is 54.1 Å². The first-order chi connectivity index (χ1) is 14.7. The van der Waals surface area contributed by atoms with Gasteiger partial charge in [0.15, 0.2) is 0 Å². The number of ether oxygens (including phenoxy) is 2. The van der Waals surface area contributed by atoms with Crippen LogP contribution in [-0.2, 0) is 4.74 Å². The molecule has 1 aliphatic rings. The quantitative estimate of drug-likeness (QED) is 0.459. The van der Waals surface area contributed by atoms with Gasteiger partial charge in [0.2, 0.25) is 0 Å². The number of hydrogen-bond donors (Lipinski definition) is 1. The minimum Gasteiger partial charge on any atom is -0.494 e. The number of rotatable bonds is 10. The van der Waals surface area contributed by atoms with Crippen LogP contribution in [0.1, 0.15) is 16.8 Å². The molecule has 1 saturated heterocycles. The molecule has 7 heteroatoms. The van der Waals surface area contributed by atoms with E-state index in [1.165, 1.54) is 18.9 Å². The first kappa shape index (κ1) is 22.6. The predicted octanol–water partition coefficient (Wildman–Crippen LogP) is 3.00. The maximum absolute atomic E-state index is 12.0. The number of aliphatic hydroxyl groups excluding tert-OH is 1. The predicted molar refractivity (Wildman–Crippen MR) is 118 cm³/mol. The van der Waals surface area contributed by atoms with Gasteiger partial charge in [-0.3, -0.25) is 4.90 Å². The van der Waals surface area contributed by atoms with Gasteiger partial charge in [0.25, 0.3) is 0 Å². The van der Waals surface area contributed by atoms with E-state index in [4.69, 9.17) is 14.6 Å². The number of carbonyl (C=O) groups is 1. The molecule has 1 N–H and O–H groups in total. The standard InChI is InChI=1S/C23H30N2O4S/c1-28-23(27)21-8-2-3-9-22(21)30-20-7-4-6-19(18-20)29-17-5-10-24-11-13-25(14-12-24)15-16-26/h2-4,6-9,18,26H,5,10-17H2,1H3. The van der Waals surface area contributed by atoms with Crippen molar-refractivity contribution in [2.45, 2.75) is 16.2 Å². The molecular formula is C23H30N2O4S. The fraction of sp³-hybridized carbons (Fsp3) is 0.435. The van der Waals surface area contributed by atoms with Gasteiger partial charge in [0, 0.05) is 49.1 Å². The Kier molecular flexibility index (Phi) is 9.01. The Morgan fingerprint density at radius 3 is 2.50 bits per heavy atom. The Balaban J connectivity index is 1.46. The molecule has 0 spiro atoms. The summed E-state index contributed by atoms with van der Waals surface area (Å²) in [6.45, 7) is 6.84. The van der Waals surface area contributed by atoms with Crippen molar-refractivity contribution in [3.63, 3.8) is 0 Å². The van der Waals surface area contributed by atoms with E-state index in [0.29, 0.717) is 12.2 Å². The molecule has 162 valence electrons. The minimum atomic E-state index is -0.331. The molecular weight excluding hydrogens is 400 g/mol. The largest absolute Gasteiger partial charge is 0.494 e. The summed E-state index contributed by atoms with van der Waals surface area (Å²) in [5, 5.41) is 9.02. The van der Waals surface area contributed by atoms with Crippen molar-refractivity contribution in [3.8, 4) is 5.75 Å². The highest BCUT2D eigenvalue weighted by Crippen LogP contribution is 2.32. The Bertz CT molecular complexity index is 809. The van der Waals surface area contributed by atoms with E-state index in [1.54, 1.807) is 6.07 Å². The molecule has 0 saturated carbocycles. The lowest BCUT2D eigenvalue weighted by Crippen LogP contribution is -2.47. The first-order valence-corrected chi connectivity index (χ1v) is 11.1. The van der Waals surface area contributed by atoms with E-state index in [0.717, 1.165) is 61.2 Å². The number of β-amino-alcohol motifs (C(OH)–C–C–N with tert-alkyl or cyclic N) is 1. The zero-order valence-corrected chi connectivity index (χ0v) is 18.3. The maximum atomic E-state index is 12.0. The molecule has 30 heavy (non-hydrogen) atoms. The molecule has 2 aromatic rings. The number of benzene rings is 2. The zero-order valence-electron chi connectivity index (χ0n) is 17.5. The fourth-order valence-corrected chi connectivity index (χ4v) is 4.43. The van der Waals surface area contributed by atoms with E-state index in [1.807, 2.05) is 42.5 Å². The van der Waals surface area contributed by atoms with Crippen LogP contribution in [0.25, 0.3) is 0 Å². The summed E-state index contributed by atoms with van der Waals surface area (Å²) >= 11 is 1.53. The van der Waals surface area contributed by atoms with Crippen LogP contribution in [0.3, 0.4) is 0 Å². The molecule has 1 heterocycles. The number of carbonyl (C=O) groups excluding carboxylic acids is 1. The summed E-state index contributed by atoms with van der Waals surface area (Å²) in [5.74, 6) is 0.506. The highest BCUT2D eigenvalue weighted by molar-refractivity contribution is 7.99. The van der Waals surface area contributed by atoms with Crippen molar-refractivity contribution >= 4 is 17.7 Å². The van der Waals surface area contributed by atoms with Crippen LogP contribution in [-0.4, -0.2) is 80.5 Å². The summed E-state index contributed by atoms with van der Waals surface area (Å²) < 4.78 is 10.8. The van der Waals surface area contributed by atoms with Gasteiger partial charge < -0.3 is 19.5 Å². The van der Waals surface area contributed by atoms with Gasteiger partial charge in [-0.1, -0.05) is 30.0 Å². The molecule has 2 aromatic carbocycles. The number of hydrogen-bond acceptors (Lipinski definition) is 7. The number of esters is 1. The Hall–Kier alpha value is -2.06. The molecule has 1 fully saturated rings. The van der Waals surface area contributed by atoms with Gasteiger partial charge >= 0.3 is 5.97 Å². The van der Waals surface area contributed by atoms with Crippen molar-refractivity contribution in [1.82, 2.24) is 9.80 Å². The Labute approximate surface area is 182 Å². The third-order valence-corrected chi connectivity index (χ3v) is 6.16. The van der Waals surface area contributed by atoms with Gasteiger partial charge in [0.1, 0.15) is 5.75 Å². The molecule has 0 bridgehead atoms. The molecule has 0 radical (unpaired) electrons. The average molecular weight is 431 g/mol. The van der Waals surface area contributed by atoms with E-state index in [2.05, 4.69) is 9.80 Å². The van der Waals surface area contributed by atoms with Crippen LogP contribution < -0.4 is 4.74 Å². The van der Waals surface area contributed by atoms with Gasteiger partial charge in [-0.2, -0.15) is 0 Å². The normalized spacial score (nSPS) is 15.1. The lowest BCUT2D eigenvalue weighted by Gasteiger charge is -2.34. The van der Waals surface area contributed by atoms with E-state index < -0.39 is 0 Å². The lowest BCUT2D eigenvalue weighted by molar-refractivity contribution is 0.0597. The molecule has 0 atom stereocenters. The van der Waals surface area contributed by atoms with Crippen molar-refractivity contribution < 1.29 is 19.4 Å². The summed E-state index contributed by atoms with van der Waals surface area (Å²) in [6.07, 6.45) is 0.975. The Morgan fingerprint density at radius 2 is 1.77 bits per heavy atom. The van der Waals surface area contributed by atoms with Crippen LogP contribution in [0, 0.1) is 0 Å². The monoisotopic (exact) mass is 430 g/mol. The van der Waals surface area contributed by atoms with Crippen LogP contribution in [0.4, 0.5) is 0 Å². The number of methoxy groups -OCH3 is 1. The van der Waals surface area contributed by atoms with Gasteiger partial charge in [-0.15, -0.1) is 0 Å². The molecule has 0 aliphatic carbocycles. The van der Waals surface area contributed by atoms with Crippen molar-refractivity contribution in [2.24, 2.45) is 0 Å². The molecule has 0 unspecified atom stereocenters. The second-order valence-electron chi connectivity index (χ2n) is 7.17. The average Bonchev–Trinajstić information content (AvgIpc) is 2.78.